The molecular weight excluding hydrogens is 292 g/mol. The molecule has 0 aromatic carbocycles. The summed E-state index contributed by atoms with van der Waals surface area (Å²) < 4.78 is 10.2. The highest BCUT2D eigenvalue weighted by Gasteiger charge is 2.37. The van der Waals surface area contributed by atoms with Crippen LogP contribution < -0.4 is 0 Å². The zero-order chi connectivity index (χ0) is 17.7. The average molecular weight is 326 g/mol. The molecule has 0 aromatic rings. The smallest absolute Gasteiger partial charge is 0.320 e. The van der Waals surface area contributed by atoms with Gasteiger partial charge in [0.05, 0.1) is 13.2 Å². The molecule has 0 aromatic heterocycles. The highest BCUT2D eigenvalue weighted by molar-refractivity contribution is 5.95. The summed E-state index contributed by atoms with van der Waals surface area (Å²) in [7, 11) is 0. The van der Waals surface area contributed by atoms with Crippen molar-refractivity contribution in [3.63, 3.8) is 0 Å². The Hall–Kier alpha value is -1.32. The third-order valence-electron chi connectivity index (χ3n) is 3.82. The van der Waals surface area contributed by atoms with Crippen LogP contribution in [-0.4, -0.2) is 25.2 Å². The average Bonchev–Trinajstić information content (AvgIpc) is 2.49. The molecule has 23 heavy (non-hydrogen) atoms. The van der Waals surface area contributed by atoms with Gasteiger partial charge in [-0.15, -0.1) is 0 Å². The Labute approximate surface area is 141 Å². The van der Waals surface area contributed by atoms with Gasteiger partial charge in [0, 0.05) is 5.92 Å². The van der Waals surface area contributed by atoms with Gasteiger partial charge in [-0.25, -0.2) is 0 Å². The second-order valence-electron chi connectivity index (χ2n) is 6.08. The summed E-state index contributed by atoms with van der Waals surface area (Å²) >= 11 is 0. The number of carbonyl (C=O) groups is 2. The van der Waals surface area contributed by atoms with Crippen molar-refractivity contribution in [2.24, 2.45) is 17.8 Å². The zero-order valence-corrected chi connectivity index (χ0v) is 15.5. The van der Waals surface area contributed by atoms with Gasteiger partial charge in [0.25, 0.3) is 0 Å². The third-order valence-corrected chi connectivity index (χ3v) is 3.82. The minimum Gasteiger partial charge on any atom is -0.465 e. The van der Waals surface area contributed by atoms with Crippen molar-refractivity contribution >= 4 is 11.9 Å². The summed E-state index contributed by atoms with van der Waals surface area (Å²) in [6.45, 7) is 10.2. The number of hydrogen-bond acceptors (Lipinski definition) is 4. The van der Waals surface area contributed by atoms with E-state index >= 15 is 0 Å². The highest BCUT2D eigenvalue weighted by Crippen LogP contribution is 2.26. The number of allylic oxidation sites excluding steroid dienone is 2. The standard InChI is InChI=1S/C19H34O4/c1-6-9-10-11-12-13-14-16(15(4)5)17(18(20)22-7-2)19(21)23-8-3/h13-17H,6-12H2,1-5H3/b14-13+. The Morgan fingerprint density at radius 1 is 0.913 bits per heavy atom. The molecule has 0 heterocycles. The second kappa shape index (κ2) is 13.1. The fourth-order valence-electron chi connectivity index (χ4n) is 2.54. The zero-order valence-electron chi connectivity index (χ0n) is 15.5. The fraction of sp³-hybridized carbons (Fsp3) is 0.789. The molecule has 0 aliphatic rings. The van der Waals surface area contributed by atoms with Crippen LogP contribution in [0.3, 0.4) is 0 Å². The first kappa shape index (κ1) is 21.7. The Morgan fingerprint density at radius 2 is 1.48 bits per heavy atom. The van der Waals surface area contributed by atoms with E-state index in [0.717, 1.165) is 12.8 Å². The van der Waals surface area contributed by atoms with Crippen LogP contribution in [0.4, 0.5) is 0 Å². The number of hydrogen-bond donors (Lipinski definition) is 0. The number of ether oxygens (including phenoxy) is 2. The van der Waals surface area contributed by atoms with Crippen molar-refractivity contribution < 1.29 is 19.1 Å². The lowest BCUT2D eigenvalue weighted by molar-refractivity contribution is -0.164. The molecule has 1 atom stereocenters. The van der Waals surface area contributed by atoms with Gasteiger partial charge in [0.2, 0.25) is 0 Å². The molecule has 0 radical (unpaired) electrons. The molecule has 0 rings (SSSR count). The van der Waals surface area contributed by atoms with E-state index < -0.39 is 17.9 Å². The first-order chi connectivity index (χ1) is 11.0. The van der Waals surface area contributed by atoms with Gasteiger partial charge in [-0.1, -0.05) is 52.2 Å². The lowest BCUT2D eigenvalue weighted by Crippen LogP contribution is -2.36. The molecule has 0 aliphatic heterocycles. The molecule has 134 valence electrons. The Balaban J connectivity index is 4.95. The number of unbranched alkanes of at least 4 members (excludes halogenated alkanes) is 4. The Morgan fingerprint density at radius 3 is 1.91 bits per heavy atom. The van der Waals surface area contributed by atoms with E-state index in [0.29, 0.717) is 0 Å². The molecule has 0 aliphatic carbocycles. The molecule has 4 nitrogen and oxygen atoms in total. The Kier molecular flexibility index (Phi) is 12.4. The first-order valence-corrected chi connectivity index (χ1v) is 8.99. The van der Waals surface area contributed by atoms with Gasteiger partial charge in [-0.05, 0) is 32.6 Å². The van der Waals surface area contributed by atoms with Crippen LogP contribution in [0.1, 0.15) is 66.7 Å². The van der Waals surface area contributed by atoms with Crippen molar-refractivity contribution in [2.75, 3.05) is 13.2 Å². The van der Waals surface area contributed by atoms with E-state index in [4.69, 9.17) is 9.47 Å². The van der Waals surface area contributed by atoms with Crippen LogP contribution in [0.2, 0.25) is 0 Å². The minimum atomic E-state index is -0.873. The van der Waals surface area contributed by atoms with Crippen LogP contribution in [-0.2, 0) is 19.1 Å². The van der Waals surface area contributed by atoms with Crippen LogP contribution in [0.5, 0.6) is 0 Å². The summed E-state index contributed by atoms with van der Waals surface area (Å²) in [5.41, 5.74) is 0. The van der Waals surface area contributed by atoms with Gasteiger partial charge in [-0.2, -0.15) is 0 Å². The van der Waals surface area contributed by atoms with E-state index in [-0.39, 0.29) is 25.0 Å². The molecule has 0 saturated heterocycles. The normalized spacial score (nSPS) is 12.8. The minimum absolute atomic E-state index is 0.153. The Bertz CT molecular complexity index is 342. The highest BCUT2D eigenvalue weighted by atomic mass is 16.6. The van der Waals surface area contributed by atoms with E-state index in [9.17, 15) is 9.59 Å². The van der Waals surface area contributed by atoms with Crippen LogP contribution >= 0.6 is 0 Å². The lowest BCUT2D eigenvalue weighted by Gasteiger charge is -2.24. The number of carbonyl (C=O) groups excluding carboxylic acids is 2. The molecule has 1 unspecified atom stereocenters. The van der Waals surface area contributed by atoms with Crippen molar-refractivity contribution in [1.82, 2.24) is 0 Å². The summed E-state index contributed by atoms with van der Waals surface area (Å²) in [5, 5.41) is 0. The molecular formula is C19H34O4. The van der Waals surface area contributed by atoms with Gasteiger partial charge in [0.1, 0.15) is 0 Å². The van der Waals surface area contributed by atoms with Crippen LogP contribution in [0.25, 0.3) is 0 Å². The van der Waals surface area contributed by atoms with Gasteiger partial charge < -0.3 is 9.47 Å². The maximum atomic E-state index is 12.2. The van der Waals surface area contributed by atoms with E-state index in [1.165, 1.54) is 19.3 Å². The summed E-state index contributed by atoms with van der Waals surface area (Å²) in [6.07, 6.45) is 9.87. The predicted octanol–water partition coefficient (Wildman–Crippen LogP) is 4.53. The van der Waals surface area contributed by atoms with E-state index in [1.807, 2.05) is 19.9 Å². The van der Waals surface area contributed by atoms with Gasteiger partial charge in [-0.3, -0.25) is 9.59 Å². The number of esters is 2. The first-order valence-electron chi connectivity index (χ1n) is 8.99. The van der Waals surface area contributed by atoms with Crippen molar-refractivity contribution in [3.8, 4) is 0 Å². The van der Waals surface area contributed by atoms with Crippen molar-refractivity contribution in [1.29, 1.82) is 0 Å². The molecule has 0 amide bonds. The van der Waals surface area contributed by atoms with Crippen LogP contribution in [0.15, 0.2) is 12.2 Å². The quantitative estimate of drug-likeness (QED) is 0.229. The van der Waals surface area contributed by atoms with Gasteiger partial charge >= 0.3 is 11.9 Å². The fourth-order valence-corrected chi connectivity index (χ4v) is 2.54. The van der Waals surface area contributed by atoms with Crippen molar-refractivity contribution in [3.05, 3.63) is 12.2 Å². The molecule has 0 saturated carbocycles. The number of rotatable bonds is 12. The van der Waals surface area contributed by atoms with E-state index in [1.54, 1.807) is 13.8 Å². The molecule has 4 heteroatoms. The topological polar surface area (TPSA) is 52.6 Å². The van der Waals surface area contributed by atoms with E-state index in [2.05, 4.69) is 13.0 Å². The maximum Gasteiger partial charge on any atom is 0.320 e. The SMILES string of the molecule is CCCCCC/C=C/C(C(C)C)C(C(=O)OCC)C(=O)OCC. The summed E-state index contributed by atoms with van der Waals surface area (Å²) in [5.74, 6) is -1.89. The lowest BCUT2D eigenvalue weighted by atomic mass is 9.82. The van der Waals surface area contributed by atoms with Crippen molar-refractivity contribution in [2.45, 2.75) is 66.7 Å². The molecule has 0 N–H and O–H groups in total. The van der Waals surface area contributed by atoms with Gasteiger partial charge in [0.15, 0.2) is 5.92 Å². The second-order valence-corrected chi connectivity index (χ2v) is 6.08. The molecule has 0 spiro atoms. The predicted molar refractivity (Wildman–Crippen MR) is 93.0 cm³/mol. The molecule has 0 bridgehead atoms. The largest absolute Gasteiger partial charge is 0.465 e. The monoisotopic (exact) mass is 326 g/mol. The summed E-state index contributed by atoms with van der Waals surface area (Å²) in [4.78, 5) is 24.4. The van der Waals surface area contributed by atoms with Crippen LogP contribution in [0, 0.1) is 17.8 Å². The molecule has 0 fully saturated rings. The summed E-state index contributed by atoms with van der Waals surface area (Å²) in [6, 6.07) is 0. The maximum absolute atomic E-state index is 12.2. The third kappa shape index (κ3) is 8.77.